The van der Waals surface area contributed by atoms with E-state index in [2.05, 4.69) is 15.3 Å². The number of nitrogens with zero attached hydrogens (tertiary/aromatic N) is 2. The number of benzene rings is 1. The molecule has 1 saturated carbocycles. The van der Waals surface area contributed by atoms with Crippen LogP contribution in [0.1, 0.15) is 19.3 Å². The zero-order chi connectivity index (χ0) is 14.9. The predicted octanol–water partition coefficient (Wildman–Crippen LogP) is 1.72. The molecule has 1 aliphatic rings. The van der Waals surface area contributed by atoms with E-state index >= 15 is 0 Å². The van der Waals surface area contributed by atoms with Gasteiger partial charge in [-0.1, -0.05) is 18.2 Å². The highest BCUT2D eigenvalue weighted by atomic mass is 32.2. The number of aromatic nitrogens is 2. The van der Waals surface area contributed by atoms with Gasteiger partial charge in [0.1, 0.15) is 11.4 Å². The third-order valence-corrected chi connectivity index (χ3v) is 5.49. The second-order valence-electron chi connectivity index (χ2n) is 5.37. The quantitative estimate of drug-likeness (QED) is 0.841. The van der Waals surface area contributed by atoms with Crippen molar-refractivity contribution in [3.63, 3.8) is 0 Å². The topological polar surface area (TPSA) is 80.9 Å². The van der Waals surface area contributed by atoms with Gasteiger partial charge in [-0.05, 0) is 32.4 Å². The summed E-state index contributed by atoms with van der Waals surface area (Å²) in [5.74, 6) is -0.263. The Morgan fingerprint density at radius 3 is 2.95 bits per heavy atom. The molecule has 1 amide bonds. The van der Waals surface area contributed by atoms with Crippen molar-refractivity contribution in [3.05, 3.63) is 30.6 Å². The number of hydrogen-bond acceptors (Lipinski definition) is 5. The maximum Gasteiger partial charge on any atom is 0.237 e. The third-order valence-electron chi connectivity index (χ3n) is 4.20. The number of hydrogen-bond donors (Lipinski definition) is 2. The summed E-state index contributed by atoms with van der Waals surface area (Å²) in [6.45, 7) is 0. The number of carbonyl (C=O) groups excluding carboxylic acids is 1. The largest absolute Gasteiger partial charge is 0.368 e. The van der Waals surface area contributed by atoms with Crippen LogP contribution in [0, 0.1) is 0 Å². The van der Waals surface area contributed by atoms with Gasteiger partial charge in [-0.3, -0.25) is 4.79 Å². The smallest absolute Gasteiger partial charge is 0.237 e. The van der Waals surface area contributed by atoms with Crippen LogP contribution in [0.4, 0.5) is 0 Å². The van der Waals surface area contributed by atoms with Crippen molar-refractivity contribution in [1.29, 1.82) is 0 Å². The molecule has 3 N–H and O–H groups in total. The van der Waals surface area contributed by atoms with Gasteiger partial charge in [-0.25, -0.2) is 9.97 Å². The fourth-order valence-corrected chi connectivity index (χ4v) is 4.23. The highest BCUT2D eigenvalue weighted by Crippen LogP contribution is 2.40. The lowest BCUT2D eigenvalue weighted by atomic mass is 9.97. The van der Waals surface area contributed by atoms with Crippen LogP contribution in [0.3, 0.4) is 0 Å². The van der Waals surface area contributed by atoms with Gasteiger partial charge < -0.3 is 11.1 Å². The van der Waals surface area contributed by atoms with Crippen molar-refractivity contribution in [2.45, 2.75) is 35.1 Å². The molecule has 0 bridgehead atoms. The van der Waals surface area contributed by atoms with Gasteiger partial charge >= 0.3 is 0 Å². The van der Waals surface area contributed by atoms with Crippen LogP contribution in [-0.2, 0) is 4.79 Å². The van der Waals surface area contributed by atoms with E-state index in [1.165, 1.54) is 0 Å². The van der Waals surface area contributed by atoms with Crippen molar-refractivity contribution in [3.8, 4) is 0 Å². The SMILES string of the molecule is CNC1(C(N)=O)CCC(Sc2ncnc3ccccc23)C1. The Kier molecular flexibility index (Phi) is 3.82. The normalized spacial score (nSPS) is 25.3. The summed E-state index contributed by atoms with van der Waals surface area (Å²) in [6, 6.07) is 7.98. The highest BCUT2D eigenvalue weighted by Gasteiger charge is 2.43. The molecule has 2 atom stereocenters. The summed E-state index contributed by atoms with van der Waals surface area (Å²) >= 11 is 1.72. The Labute approximate surface area is 127 Å². The zero-order valence-electron chi connectivity index (χ0n) is 11.9. The van der Waals surface area contributed by atoms with Crippen molar-refractivity contribution in [2.75, 3.05) is 7.05 Å². The first-order valence-corrected chi connectivity index (χ1v) is 7.88. The Morgan fingerprint density at radius 1 is 1.43 bits per heavy atom. The monoisotopic (exact) mass is 302 g/mol. The van der Waals surface area contributed by atoms with Gasteiger partial charge in [0.25, 0.3) is 0 Å². The number of fused-ring (bicyclic) bond motifs is 1. The third kappa shape index (κ3) is 2.61. The molecule has 1 aliphatic carbocycles. The van der Waals surface area contributed by atoms with E-state index in [-0.39, 0.29) is 5.91 Å². The van der Waals surface area contributed by atoms with Crippen molar-refractivity contribution in [1.82, 2.24) is 15.3 Å². The average molecular weight is 302 g/mol. The lowest BCUT2D eigenvalue weighted by Gasteiger charge is -2.24. The zero-order valence-corrected chi connectivity index (χ0v) is 12.7. The first kappa shape index (κ1) is 14.3. The molecule has 3 rings (SSSR count). The van der Waals surface area contributed by atoms with Crippen molar-refractivity contribution < 1.29 is 4.79 Å². The Hall–Kier alpha value is -1.66. The summed E-state index contributed by atoms with van der Waals surface area (Å²) in [4.78, 5) is 20.4. The molecule has 6 heteroatoms. The molecule has 0 saturated heterocycles. The average Bonchev–Trinajstić information content (AvgIpc) is 2.92. The summed E-state index contributed by atoms with van der Waals surface area (Å²) in [7, 11) is 1.80. The van der Waals surface area contributed by atoms with Crippen LogP contribution in [0.15, 0.2) is 35.6 Å². The number of nitrogens with two attached hydrogens (primary N) is 1. The molecule has 1 heterocycles. The second-order valence-corrected chi connectivity index (χ2v) is 6.66. The minimum atomic E-state index is -0.569. The summed E-state index contributed by atoms with van der Waals surface area (Å²) in [6.07, 6.45) is 4.06. The Balaban J connectivity index is 1.83. The van der Waals surface area contributed by atoms with Gasteiger partial charge in [0.2, 0.25) is 5.91 Å². The van der Waals surface area contributed by atoms with Gasteiger partial charge in [0.15, 0.2) is 0 Å². The van der Waals surface area contributed by atoms with Crippen LogP contribution in [0.2, 0.25) is 0 Å². The standard InChI is InChI=1S/C15H18N4OS/c1-17-15(14(16)20)7-6-10(8-15)21-13-11-4-2-3-5-12(11)18-9-19-13/h2-5,9-10,17H,6-8H2,1H3,(H2,16,20). The number of nitrogens with one attached hydrogen (secondary N) is 1. The summed E-state index contributed by atoms with van der Waals surface area (Å²) in [5, 5.41) is 5.48. The highest BCUT2D eigenvalue weighted by molar-refractivity contribution is 8.00. The summed E-state index contributed by atoms with van der Waals surface area (Å²) < 4.78 is 0. The van der Waals surface area contributed by atoms with Gasteiger partial charge in [-0.15, -0.1) is 11.8 Å². The molecule has 2 aromatic rings. The molecule has 1 fully saturated rings. The molecule has 1 aromatic heterocycles. The first-order chi connectivity index (χ1) is 10.1. The van der Waals surface area contributed by atoms with Crippen molar-refractivity contribution in [2.24, 2.45) is 5.73 Å². The van der Waals surface area contributed by atoms with Gasteiger partial charge in [0.05, 0.1) is 11.1 Å². The number of para-hydroxylation sites is 1. The lowest BCUT2D eigenvalue weighted by Crippen LogP contribution is -2.52. The van der Waals surface area contributed by atoms with E-state index < -0.39 is 5.54 Å². The number of primary amides is 1. The van der Waals surface area contributed by atoms with Gasteiger partial charge in [0, 0.05) is 10.6 Å². The molecule has 110 valence electrons. The van der Waals surface area contributed by atoms with Crippen LogP contribution in [0.5, 0.6) is 0 Å². The van der Waals surface area contributed by atoms with Crippen LogP contribution >= 0.6 is 11.8 Å². The molecule has 21 heavy (non-hydrogen) atoms. The Morgan fingerprint density at radius 2 is 2.24 bits per heavy atom. The van der Waals surface area contributed by atoms with E-state index in [0.717, 1.165) is 35.2 Å². The van der Waals surface area contributed by atoms with Crippen LogP contribution in [-0.4, -0.2) is 33.7 Å². The Bertz CT molecular complexity index is 672. The molecule has 0 radical (unpaired) electrons. The number of amides is 1. The first-order valence-electron chi connectivity index (χ1n) is 7.00. The van der Waals surface area contributed by atoms with Crippen LogP contribution < -0.4 is 11.1 Å². The van der Waals surface area contributed by atoms with E-state index in [0.29, 0.717) is 5.25 Å². The molecule has 5 nitrogen and oxygen atoms in total. The maximum absolute atomic E-state index is 11.7. The second kappa shape index (κ2) is 5.61. The number of rotatable bonds is 4. The minimum absolute atomic E-state index is 0.263. The van der Waals surface area contributed by atoms with E-state index in [4.69, 9.17) is 5.73 Å². The lowest BCUT2D eigenvalue weighted by molar-refractivity contribution is -0.124. The molecule has 0 aliphatic heterocycles. The molecule has 2 unspecified atom stereocenters. The van der Waals surface area contributed by atoms with Crippen LogP contribution in [0.25, 0.3) is 10.9 Å². The molecule has 1 aromatic carbocycles. The molecule has 0 spiro atoms. The van der Waals surface area contributed by atoms with E-state index in [1.807, 2.05) is 24.3 Å². The maximum atomic E-state index is 11.7. The van der Waals surface area contributed by atoms with E-state index in [9.17, 15) is 4.79 Å². The fourth-order valence-electron chi connectivity index (χ4n) is 2.91. The minimum Gasteiger partial charge on any atom is -0.368 e. The van der Waals surface area contributed by atoms with E-state index in [1.54, 1.807) is 25.1 Å². The number of likely N-dealkylation sites (N-methyl/N-ethyl adjacent to an activating group) is 1. The molecular formula is C15H18N4OS. The molecular weight excluding hydrogens is 284 g/mol. The van der Waals surface area contributed by atoms with Gasteiger partial charge in [-0.2, -0.15) is 0 Å². The summed E-state index contributed by atoms with van der Waals surface area (Å²) in [5.41, 5.74) is 5.93. The number of carbonyl (C=O) groups is 1. The number of thioether (sulfide) groups is 1. The van der Waals surface area contributed by atoms with Crippen molar-refractivity contribution >= 4 is 28.6 Å². The fraction of sp³-hybridized carbons (Fsp3) is 0.400. The predicted molar refractivity (Wildman–Crippen MR) is 84.0 cm³/mol.